The molecule has 0 saturated heterocycles. The van der Waals surface area contributed by atoms with Gasteiger partial charge in [0.25, 0.3) is 0 Å². The quantitative estimate of drug-likeness (QED) is 0.277. The Morgan fingerprint density at radius 3 is 1.96 bits per heavy atom. The Kier molecular flexibility index (Phi) is 16.0. The highest BCUT2D eigenvalue weighted by molar-refractivity contribution is 5.70. The van der Waals surface area contributed by atoms with E-state index in [1.165, 1.54) is 25.7 Å². The minimum atomic E-state index is -0.148. The van der Waals surface area contributed by atoms with Crippen LogP contribution < -0.4 is 0 Å². The predicted molar refractivity (Wildman–Crippen MR) is 97.8 cm³/mol. The Balaban J connectivity index is 3.55. The van der Waals surface area contributed by atoms with E-state index in [-0.39, 0.29) is 11.9 Å². The second-order valence-electron chi connectivity index (χ2n) is 6.59. The van der Waals surface area contributed by atoms with E-state index >= 15 is 0 Å². The largest absolute Gasteiger partial charge is 0.466 e. The van der Waals surface area contributed by atoms with E-state index in [2.05, 4.69) is 20.8 Å². The molecule has 4 nitrogen and oxygen atoms in total. The first kappa shape index (κ1) is 22.9. The third-order valence-electron chi connectivity index (χ3n) is 4.30. The number of hydrogen-bond acceptors (Lipinski definition) is 4. The number of esters is 2. The molecule has 0 spiro atoms. The van der Waals surface area contributed by atoms with Crippen molar-refractivity contribution in [1.29, 1.82) is 0 Å². The van der Waals surface area contributed by atoms with Crippen molar-refractivity contribution in [3.05, 3.63) is 0 Å². The van der Waals surface area contributed by atoms with Crippen LogP contribution in [-0.2, 0) is 19.1 Å². The van der Waals surface area contributed by atoms with E-state index in [0.29, 0.717) is 44.8 Å². The molecule has 0 saturated carbocycles. The van der Waals surface area contributed by atoms with Crippen LogP contribution in [0.2, 0.25) is 0 Å². The van der Waals surface area contributed by atoms with E-state index in [1.807, 2.05) is 0 Å². The first-order chi connectivity index (χ1) is 11.6. The zero-order valence-corrected chi connectivity index (χ0v) is 16.1. The first-order valence-corrected chi connectivity index (χ1v) is 9.95. The van der Waals surface area contributed by atoms with Crippen LogP contribution in [-0.4, -0.2) is 25.2 Å². The summed E-state index contributed by atoms with van der Waals surface area (Å²) in [7, 11) is 0. The summed E-state index contributed by atoms with van der Waals surface area (Å²) >= 11 is 0. The number of carbonyl (C=O) groups is 2. The fourth-order valence-electron chi connectivity index (χ4n) is 2.51. The van der Waals surface area contributed by atoms with E-state index in [1.54, 1.807) is 0 Å². The smallest absolute Gasteiger partial charge is 0.305 e. The van der Waals surface area contributed by atoms with Gasteiger partial charge in [0.1, 0.15) is 0 Å². The average Bonchev–Trinajstić information content (AvgIpc) is 2.58. The first-order valence-electron chi connectivity index (χ1n) is 9.95. The van der Waals surface area contributed by atoms with Crippen LogP contribution in [0, 0.1) is 5.92 Å². The summed E-state index contributed by atoms with van der Waals surface area (Å²) in [5.41, 5.74) is 0. The highest BCUT2D eigenvalue weighted by Crippen LogP contribution is 2.13. The minimum absolute atomic E-state index is 0.141. The van der Waals surface area contributed by atoms with E-state index < -0.39 is 0 Å². The van der Waals surface area contributed by atoms with E-state index in [9.17, 15) is 9.59 Å². The maximum Gasteiger partial charge on any atom is 0.305 e. The van der Waals surface area contributed by atoms with Gasteiger partial charge >= 0.3 is 11.9 Å². The summed E-state index contributed by atoms with van der Waals surface area (Å²) < 4.78 is 10.5. The molecule has 1 atom stereocenters. The lowest BCUT2D eigenvalue weighted by Crippen LogP contribution is -2.14. The van der Waals surface area contributed by atoms with Crippen molar-refractivity contribution in [1.82, 2.24) is 0 Å². The average molecular weight is 343 g/mol. The fourth-order valence-corrected chi connectivity index (χ4v) is 2.51. The summed E-state index contributed by atoms with van der Waals surface area (Å²) in [6.45, 7) is 7.54. The lowest BCUT2D eigenvalue weighted by atomic mass is 10.0. The molecule has 0 amide bonds. The van der Waals surface area contributed by atoms with Crippen LogP contribution in [0.3, 0.4) is 0 Å². The van der Waals surface area contributed by atoms with Gasteiger partial charge in [-0.2, -0.15) is 0 Å². The van der Waals surface area contributed by atoms with Crippen LogP contribution in [0.5, 0.6) is 0 Å². The Bertz CT molecular complexity index is 315. The fraction of sp³-hybridized carbons (Fsp3) is 0.900. The zero-order chi connectivity index (χ0) is 18.0. The number of hydrogen-bond donors (Lipinski definition) is 0. The molecule has 0 heterocycles. The molecule has 0 N–H and O–H groups in total. The third kappa shape index (κ3) is 14.5. The SMILES string of the molecule is CCCCCCOC(=O)CCCCC(=O)OCC(CC)CCCC. The van der Waals surface area contributed by atoms with E-state index in [4.69, 9.17) is 9.47 Å². The van der Waals surface area contributed by atoms with Gasteiger partial charge in [-0.1, -0.05) is 59.3 Å². The van der Waals surface area contributed by atoms with Crippen molar-refractivity contribution in [3.8, 4) is 0 Å². The van der Waals surface area contributed by atoms with Gasteiger partial charge in [0.05, 0.1) is 13.2 Å². The van der Waals surface area contributed by atoms with Crippen LogP contribution in [0.1, 0.15) is 97.8 Å². The molecule has 0 aliphatic carbocycles. The molecule has 0 aromatic rings. The topological polar surface area (TPSA) is 52.6 Å². The number of ether oxygens (including phenoxy) is 2. The van der Waals surface area contributed by atoms with Gasteiger partial charge in [0, 0.05) is 12.8 Å². The molecule has 0 rings (SSSR count). The Morgan fingerprint density at radius 2 is 1.38 bits per heavy atom. The van der Waals surface area contributed by atoms with Crippen LogP contribution in [0.15, 0.2) is 0 Å². The van der Waals surface area contributed by atoms with Crippen molar-refractivity contribution < 1.29 is 19.1 Å². The van der Waals surface area contributed by atoms with Crippen molar-refractivity contribution in [2.24, 2.45) is 5.92 Å². The molecule has 1 unspecified atom stereocenters. The molecular weight excluding hydrogens is 304 g/mol. The van der Waals surface area contributed by atoms with Gasteiger partial charge in [-0.05, 0) is 31.6 Å². The molecule has 142 valence electrons. The zero-order valence-electron chi connectivity index (χ0n) is 16.1. The molecule has 0 aromatic heterocycles. The second kappa shape index (κ2) is 16.8. The van der Waals surface area contributed by atoms with Crippen molar-refractivity contribution in [2.45, 2.75) is 97.8 Å². The van der Waals surface area contributed by atoms with Gasteiger partial charge in [0.2, 0.25) is 0 Å². The number of unbranched alkanes of at least 4 members (excludes halogenated alkanes) is 5. The highest BCUT2D eigenvalue weighted by Gasteiger charge is 2.10. The molecule has 0 bridgehead atoms. The lowest BCUT2D eigenvalue weighted by molar-refractivity contribution is -0.146. The molecule has 0 aliphatic heterocycles. The van der Waals surface area contributed by atoms with Gasteiger partial charge in [0.15, 0.2) is 0 Å². The summed E-state index contributed by atoms with van der Waals surface area (Å²) in [4.78, 5) is 23.3. The molecule has 0 radical (unpaired) electrons. The van der Waals surface area contributed by atoms with Crippen molar-refractivity contribution >= 4 is 11.9 Å². The van der Waals surface area contributed by atoms with Crippen molar-refractivity contribution in [3.63, 3.8) is 0 Å². The summed E-state index contributed by atoms with van der Waals surface area (Å²) in [5.74, 6) is 0.194. The molecule has 24 heavy (non-hydrogen) atoms. The van der Waals surface area contributed by atoms with Crippen LogP contribution in [0.4, 0.5) is 0 Å². The predicted octanol–water partition coefficient (Wildman–Crippen LogP) is 5.43. The number of rotatable bonds is 16. The van der Waals surface area contributed by atoms with Crippen molar-refractivity contribution in [2.75, 3.05) is 13.2 Å². The highest BCUT2D eigenvalue weighted by atomic mass is 16.5. The normalized spacial score (nSPS) is 12.0. The van der Waals surface area contributed by atoms with E-state index in [0.717, 1.165) is 25.7 Å². The molecule has 0 aromatic carbocycles. The Morgan fingerprint density at radius 1 is 0.750 bits per heavy atom. The second-order valence-corrected chi connectivity index (χ2v) is 6.59. The standard InChI is InChI=1S/C20H38O4/c1-4-7-9-12-16-23-19(21)14-10-11-15-20(22)24-17-18(6-3)13-8-5-2/h18H,4-17H2,1-3H3. The summed E-state index contributed by atoms with van der Waals surface area (Å²) in [5, 5.41) is 0. The lowest BCUT2D eigenvalue weighted by Gasteiger charge is -2.14. The molecule has 4 heteroatoms. The Labute approximate surface area is 148 Å². The summed E-state index contributed by atoms with van der Waals surface area (Å²) in [6.07, 6.45) is 11.2. The third-order valence-corrected chi connectivity index (χ3v) is 4.30. The molecule has 0 aliphatic rings. The monoisotopic (exact) mass is 342 g/mol. The van der Waals surface area contributed by atoms with Gasteiger partial charge in [-0.15, -0.1) is 0 Å². The Hall–Kier alpha value is -1.06. The molecular formula is C20H38O4. The van der Waals surface area contributed by atoms with Gasteiger partial charge < -0.3 is 9.47 Å². The maximum absolute atomic E-state index is 11.7. The minimum Gasteiger partial charge on any atom is -0.466 e. The molecule has 0 fully saturated rings. The van der Waals surface area contributed by atoms with Gasteiger partial charge in [-0.25, -0.2) is 0 Å². The van der Waals surface area contributed by atoms with Crippen LogP contribution in [0.25, 0.3) is 0 Å². The maximum atomic E-state index is 11.7. The van der Waals surface area contributed by atoms with Gasteiger partial charge in [-0.3, -0.25) is 9.59 Å². The van der Waals surface area contributed by atoms with Crippen LogP contribution >= 0.6 is 0 Å². The number of carbonyl (C=O) groups excluding carboxylic acids is 2. The summed E-state index contributed by atoms with van der Waals surface area (Å²) in [6, 6.07) is 0.